The number of aliphatic hydroxyl groups is 6. The van der Waals surface area contributed by atoms with Crippen LogP contribution in [0.5, 0.6) is 0 Å². The zero-order valence-corrected chi connectivity index (χ0v) is 16.1. The molecule has 4 atom stereocenters. The number of benzene rings is 2. The van der Waals surface area contributed by atoms with Gasteiger partial charge in [-0.2, -0.15) is 0 Å². The summed E-state index contributed by atoms with van der Waals surface area (Å²) in [6, 6.07) is 15.9. The highest BCUT2D eigenvalue weighted by atomic mass is 16.4. The van der Waals surface area contributed by atoms with Crippen molar-refractivity contribution < 1.29 is 30.6 Å². The molecule has 0 saturated carbocycles. The molecule has 0 aliphatic rings. The van der Waals surface area contributed by atoms with Gasteiger partial charge in [0, 0.05) is 0 Å². The Hall–Kier alpha value is -2.86. The van der Waals surface area contributed by atoms with Gasteiger partial charge in [-0.1, -0.05) is 24.3 Å². The van der Waals surface area contributed by atoms with Gasteiger partial charge in [-0.3, -0.25) is 0 Å². The summed E-state index contributed by atoms with van der Waals surface area (Å²) in [6.07, 6.45) is -2.99. The van der Waals surface area contributed by atoms with Gasteiger partial charge in [0.05, 0.1) is 47.9 Å². The fourth-order valence-corrected chi connectivity index (χ4v) is 2.43. The number of para-hydroxylation sites is 4. The van der Waals surface area contributed by atoms with E-state index < -0.39 is 37.6 Å². The van der Waals surface area contributed by atoms with E-state index in [1.165, 1.54) is 0 Å². The third-order valence-electron chi connectivity index (χ3n) is 4.17. The minimum atomic E-state index is -1.67. The molecule has 8 N–H and O–H groups in total. The van der Waals surface area contributed by atoms with Gasteiger partial charge in [0.25, 0.3) is 0 Å². The van der Waals surface area contributed by atoms with Crippen molar-refractivity contribution in [1.82, 2.24) is 19.9 Å². The number of aromatic nitrogens is 4. The van der Waals surface area contributed by atoms with Gasteiger partial charge in [-0.15, -0.1) is 0 Å². The summed E-state index contributed by atoms with van der Waals surface area (Å²) >= 11 is 0. The topological polar surface area (TPSA) is 179 Å². The van der Waals surface area contributed by atoms with Crippen LogP contribution in [0, 0.1) is 0 Å². The zero-order chi connectivity index (χ0) is 21.9. The molecule has 0 fully saturated rings. The number of aliphatic hydroxyl groups excluding tert-OH is 6. The number of imidazole rings is 2. The molecule has 2 heterocycles. The molecule has 2 aromatic heterocycles. The molecular formula is C20H26N4O6. The van der Waals surface area contributed by atoms with Crippen molar-refractivity contribution in [3.8, 4) is 0 Å². The summed E-state index contributed by atoms with van der Waals surface area (Å²) in [5, 5.41) is 52.2. The van der Waals surface area contributed by atoms with Gasteiger partial charge < -0.3 is 40.6 Å². The van der Waals surface area contributed by atoms with Crippen molar-refractivity contribution in [2.75, 3.05) is 13.2 Å². The summed E-state index contributed by atoms with van der Waals surface area (Å²) in [5.74, 6) is 0. The van der Waals surface area contributed by atoms with Crippen LogP contribution in [0.25, 0.3) is 22.1 Å². The third-order valence-corrected chi connectivity index (χ3v) is 4.17. The monoisotopic (exact) mass is 418 g/mol. The molecule has 4 rings (SSSR count). The quantitative estimate of drug-likeness (QED) is 0.214. The van der Waals surface area contributed by atoms with Crippen LogP contribution in [-0.4, -0.2) is 88.2 Å². The Labute approximate surface area is 172 Å². The van der Waals surface area contributed by atoms with E-state index in [4.69, 9.17) is 30.6 Å². The standard InChI is InChI=1S/2C7H6N2.C6H14O6/c2*1-2-4-7-6(3-1)8-5-9-7;7-1-3(9)5(11)6(12)4(10)2-8/h2*1-5H,(H,8,9);3-12H,1-2H2. The van der Waals surface area contributed by atoms with Crippen LogP contribution in [-0.2, 0) is 0 Å². The highest BCUT2D eigenvalue weighted by molar-refractivity contribution is 5.74. The Morgan fingerprint density at radius 1 is 0.633 bits per heavy atom. The molecule has 4 aromatic rings. The second-order valence-electron chi connectivity index (χ2n) is 6.32. The van der Waals surface area contributed by atoms with E-state index in [1.807, 2.05) is 48.5 Å². The van der Waals surface area contributed by atoms with Gasteiger partial charge in [0.15, 0.2) is 0 Å². The first-order chi connectivity index (χ1) is 14.5. The van der Waals surface area contributed by atoms with E-state index in [-0.39, 0.29) is 0 Å². The SMILES string of the molecule is OCC(O)C(O)C(O)C(O)CO.c1ccc2[nH]cnc2c1.c1ccc2[nH]cnc2c1. The van der Waals surface area contributed by atoms with E-state index in [9.17, 15) is 0 Å². The van der Waals surface area contributed by atoms with Crippen LogP contribution >= 0.6 is 0 Å². The average molecular weight is 418 g/mol. The number of hydrogen-bond donors (Lipinski definition) is 8. The molecule has 0 amide bonds. The fraction of sp³-hybridized carbons (Fsp3) is 0.300. The van der Waals surface area contributed by atoms with Gasteiger partial charge >= 0.3 is 0 Å². The maximum atomic E-state index is 8.96. The first-order valence-electron chi connectivity index (χ1n) is 9.18. The minimum Gasteiger partial charge on any atom is -0.394 e. The highest BCUT2D eigenvalue weighted by Crippen LogP contribution is 2.06. The summed E-state index contributed by atoms with van der Waals surface area (Å²) < 4.78 is 0. The largest absolute Gasteiger partial charge is 0.394 e. The molecule has 10 nitrogen and oxygen atoms in total. The van der Waals surface area contributed by atoms with E-state index in [0.717, 1.165) is 22.1 Å². The van der Waals surface area contributed by atoms with Crippen molar-refractivity contribution in [2.45, 2.75) is 24.4 Å². The second kappa shape index (κ2) is 12.0. The molecule has 0 aliphatic heterocycles. The summed E-state index contributed by atoms with van der Waals surface area (Å²) in [5.41, 5.74) is 4.24. The zero-order valence-electron chi connectivity index (χ0n) is 16.1. The Kier molecular flexibility index (Phi) is 9.35. The number of nitrogens with zero attached hydrogens (tertiary/aromatic N) is 2. The van der Waals surface area contributed by atoms with E-state index in [1.54, 1.807) is 12.7 Å². The Bertz CT molecular complexity index is 851. The van der Waals surface area contributed by atoms with Crippen molar-refractivity contribution in [2.24, 2.45) is 0 Å². The van der Waals surface area contributed by atoms with Crippen LogP contribution < -0.4 is 0 Å². The molecule has 30 heavy (non-hydrogen) atoms. The normalized spacial score (nSPS) is 14.7. The molecule has 0 saturated heterocycles. The second-order valence-corrected chi connectivity index (χ2v) is 6.32. The van der Waals surface area contributed by atoms with Crippen LogP contribution in [0.4, 0.5) is 0 Å². The lowest BCUT2D eigenvalue weighted by molar-refractivity contribution is -0.123. The smallest absolute Gasteiger partial charge is 0.111 e. The number of H-pyrrole nitrogens is 2. The summed E-state index contributed by atoms with van der Waals surface area (Å²) in [7, 11) is 0. The lowest BCUT2D eigenvalue weighted by atomic mass is 10.0. The van der Waals surface area contributed by atoms with Gasteiger partial charge in [0.2, 0.25) is 0 Å². The molecule has 162 valence electrons. The number of fused-ring (bicyclic) bond motifs is 2. The maximum Gasteiger partial charge on any atom is 0.111 e. The van der Waals surface area contributed by atoms with Gasteiger partial charge in [-0.25, -0.2) is 9.97 Å². The number of hydrogen-bond acceptors (Lipinski definition) is 8. The van der Waals surface area contributed by atoms with Crippen LogP contribution in [0.3, 0.4) is 0 Å². The first-order valence-corrected chi connectivity index (χ1v) is 9.18. The molecule has 2 aromatic carbocycles. The van der Waals surface area contributed by atoms with Gasteiger partial charge in [-0.05, 0) is 24.3 Å². The van der Waals surface area contributed by atoms with E-state index in [2.05, 4.69) is 19.9 Å². The predicted octanol–water partition coefficient (Wildman–Crippen LogP) is -0.460. The molecule has 0 bridgehead atoms. The van der Waals surface area contributed by atoms with Crippen molar-refractivity contribution >= 4 is 22.1 Å². The van der Waals surface area contributed by atoms with Crippen molar-refractivity contribution in [1.29, 1.82) is 0 Å². The Morgan fingerprint density at radius 3 is 1.33 bits per heavy atom. The maximum absolute atomic E-state index is 8.96. The molecule has 10 heteroatoms. The van der Waals surface area contributed by atoms with Gasteiger partial charge in [0.1, 0.15) is 24.4 Å². The Morgan fingerprint density at radius 2 is 1.00 bits per heavy atom. The van der Waals surface area contributed by atoms with E-state index in [0.29, 0.717) is 0 Å². The summed E-state index contributed by atoms with van der Waals surface area (Å²) in [6.45, 7) is -1.45. The van der Waals surface area contributed by atoms with E-state index >= 15 is 0 Å². The minimum absolute atomic E-state index is 0.726. The number of nitrogens with one attached hydrogen (secondary N) is 2. The molecular weight excluding hydrogens is 392 g/mol. The number of aromatic amines is 2. The van der Waals surface area contributed by atoms with Crippen LogP contribution in [0.1, 0.15) is 0 Å². The molecule has 0 aliphatic carbocycles. The van der Waals surface area contributed by atoms with Crippen molar-refractivity contribution in [3.05, 3.63) is 61.2 Å². The predicted molar refractivity (Wildman–Crippen MR) is 110 cm³/mol. The molecule has 0 spiro atoms. The van der Waals surface area contributed by atoms with Crippen LogP contribution in [0.15, 0.2) is 61.2 Å². The first kappa shape index (κ1) is 23.4. The Balaban J connectivity index is 0.000000162. The highest BCUT2D eigenvalue weighted by Gasteiger charge is 2.29. The number of rotatable bonds is 5. The summed E-state index contributed by atoms with van der Waals surface area (Å²) in [4.78, 5) is 14.1. The molecule has 4 unspecified atom stereocenters. The van der Waals surface area contributed by atoms with Crippen molar-refractivity contribution in [3.63, 3.8) is 0 Å². The third kappa shape index (κ3) is 6.59. The fourth-order valence-electron chi connectivity index (χ4n) is 2.43. The lowest BCUT2D eigenvalue weighted by Gasteiger charge is -2.24. The molecule has 0 radical (unpaired) electrons. The van der Waals surface area contributed by atoms with Crippen LogP contribution in [0.2, 0.25) is 0 Å². The average Bonchev–Trinajstić information content (AvgIpc) is 3.47. The lowest BCUT2D eigenvalue weighted by Crippen LogP contribution is -2.46.